The van der Waals surface area contributed by atoms with Gasteiger partial charge in [0.25, 0.3) is 0 Å². The quantitative estimate of drug-likeness (QED) is 0.832. The molecule has 0 saturated carbocycles. The summed E-state index contributed by atoms with van der Waals surface area (Å²) in [7, 11) is 0. The average Bonchev–Trinajstić information content (AvgIpc) is 2.30. The van der Waals surface area contributed by atoms with E-state index in [4.69, 9.17) is 0 Å². The molecule has 1 atom stereocenters. The van der Waals surface area contributed by atoms with Gasteiger partial charge in [-0.2, -0.15) is 0 Å². The van der Waals surface area contributed by atoms with Gasteiger partial charge in [0.1, 0.15) is 11.6 Å². The van der Waals surface area contributed by atoms with Crippen molar-refractivity contribution in [1.82, 2.24) is 10.2 Å². The number of halogens is 4. The predicted octanol–water partition coefficient (Wildman–Crippen LogP) is 2.94. The van der Waals surface area contributed by atoms with Crippen molar-refractivity contribution in [2.24, 2.45) is 0 Å². The van der Waals surface area contributed by atoms with E-state index < -0.39 is 11.6 Å². The molecular formula is C12H16BrClF2N2. The second-order valence-electron chi connectivity index (χ2n) is 4.41. The zero-order valence-corrected chi connectivity index (χ0v) is 12.5. The first-order valence-corrected chi connectivity index (χ1v) is 6.45. The van der Waals surface area contributed by atoms with Crippen LogP contribution >= 0.6 is 28.3 Å². The van der Waals surface area contributed by atoms with Gasteiger partial charge in [0, 0.05) is 37.8 Å². The van der Waals surface area contributed by atoms with Gasteiger partial charge in [-0.3, -0.25) is 4.90 Å². The van der Waals surface area contributed by atoms with Crippen molar-refractivity contribution >= 4 is 28.3 Å². The molecule has 0 amide bonds. The maximum Gasteiger partial charge on any atom is 0.144 e. The van der Waals surface area contributed by atoms with Crippen LogP contribution in [0.25, 0.3) is 0 Å². The molecule has 1 fully saturated rings. The van der Waals surface area contributed by atoms with E-state index in [0.717, 1.165) is 19.6 Å². The first-order valence-electron chi connectivity index (χ1n) is 5.66. The SMILES string of the molecule is CC1CN(Cc2c(F)ccc(Br)c2F)CCN1.Cl. The van der Waals surface area contributed by atoms with E-state index in [9.17, 15) is 8.78 Å². The van der Waals surface area contributed by atoms with Crippen molar-refractivity contribution in [3.8, 4) is 0 Å². The summed E-state index contributed by atoms with van der Waals surface area (Å²) in [4.78, 5) is 2.06. The van der Waals surface area contributed by atoms with E-state index in [1.807, 2.05) is 0 Å². The van der Waals surface area contributed by atoms with E-state index >= 15 is 0 Å². The zero-order chi connectivity index (χ0) is 12.4. The van der Waals surface area contributed by atoms with Gasteiger partial charge in [0.2, 0.25) is 0 Å². The fraction of sp³-hybridized carbons (Fsp3) is 0.500. The van der Waals surface area contributed by atoms with E-state index in [2.05, 4.69) is 33.1 Å². The highest BCUT2D eigenvalue weighted by atomic mass is 79.9. The maximum absolute atomic E-state index is 13.8. The minimum Gasteiger partial charge on any atom is -0.312 e. The van der Waals surface area contributed by atoms with E-state index in [0.29, 0.717) is 17.1 Å². The number of benzene rings is 1. The fourth-order valence-electron chi connectivity index (χ4n) is 2.09. The molecule has 0 aliphatic carbocycles. The van der Waals surface area contributed by atoms with E-state index in [-0.39, 0.29) is 18.0 Å². The molecular weight excluding hydrogens is 325 g/mol. The topological polar surface area (TPSA) is 15.3 Å². The Labute approximate surface area is 120 Å². The zero-order valence-electron chi connectivity index (χ0n) is 10.0. The third-order valence-corrected chi connectivity index (χ3v) is 3.59. The number of nitrogens with one attached hydrogen (secondary N) is 1. The third-order valence-electron chi connectivity index (χ3n) is 2.97. The first kappa shape index (κ1) is 15.8. The summed E-state index contributed by atoms with van der Waals surface area (Å²) >= 11 is 3.08. The molecule has 0 aromatic heterocycles. The van der Waals surface area contributed by atoms with Crippen molar-refractivity contribution in [2.75, 3.05) is 19.6 Å². The summed E-state index contributed by atoms with van der Waals surface area (Å²) in [6.45, 7) is 4.88. The lowest BCUT2D eigenvalue weighted by molar-refractivity contribution is 0.195. The summed E-state index contributed by atoms with van der Waals surface area (Å²) < 4.78 is 27.7. The Bertz CT molecular complexity index is 417. The molecule has 1 aromatic carbocycles. The lowest BCUT2D eigenvalue weighted by atomic mass is 10.1. The molecule has 1 saturated heterocycles. The Morgan fingerprint density at radius 1 is 1.44 bits per heavy atom. The maximum atomic E-state index is 13.8. The Morgan fingerprint density at radius 3 is 2.83 bits per heavy atom. The van der Waals surface area contributed by atoms with Crippen molar-refractivity contribution in [1.29, 1.82) is 0 Å². The number of piperazine rings is 1. The number of nitrogens with zero attached hydrogens (tertiary/aromatic N) is 1. The number of hydrogen-bond acceptors (Lipinski definition) is 2. The summed E-state index contributed by atoms with van der Waals surface area (Å²) in [6.07, 6.45) is 0. The molecule has 102 valence electrons. The van der Waals surface area contributed by atoms with Gasteiger partial charge in [-0.15, -0.1) is 12.4 Å². The lowest BCUT2D eigenvalue weighted by Crippen LogP contribution is -2.48. The van der Waals surface area contributed by atoms with Gasteiger partial charge in [0.15, 0.2) is 0 Å². The molecule has 0 radical (unpaired) electrons. The number of rotatable bonds is 2. The minimum atomic E-state index is -0.490. The molecule has 2 nitrogen and oxygen atoms in total. The normalized spacial score (nSPS) is 20.6. The fourth-order valence-corrected chi connectivity index (χ4v) is 2.46. The molecule has 2 rings (SSSR count). The third kappa shape index (κ3) is 3.63. The summed E-state index contributed by atoms with van der Waals surface area (Å²) in [5.74, 6) is -0.965. The Hall–Kier alpha value is -0.230. The smallest absolute Gasteiger partial charge is 0.144 e. The van der Waals surface area contributed by atoms with Crippen LogP contribution in [0.1, 0.15) is 12.5 Å². The lowest BCUT2D eigenvalue weighted by Gasteiger charge is -2.32. The van der Waals surface area contributed by atoms with Gasteiger partial charge < -0.3 is 5.32 Å². The molecule has 1 heterocycles. The molecule has 0 bridgehead atoms. The highest BCUT2D eigenvalue weighted by Gasteiger charge is 2.20. The molecule has 18 heavy (non-hydrogen) atoms. The van der Waals surface area contributed by atoms with Crippen LogP contribution in [-0.4, -0.2) is 30.6 Å². The van der Waals surface area contributed by atoms with Gasteiger partial charge in [0.05, 0.1) is 4.47 Å². The van der Waals surface area contributed by atoms with E-state index in [1.54, 1.807) is 0 Å². The van der Waals surface area contributed by atoms with Crippen LogP contribution in [0.5, 0.6) is 0 Å². The molecule has 1 aromatic rings. The summed E-state index contributed by atoms with van der Waals surface area (Å²) in [5.41, 5.74) is 0.147. The molecule has 0 spiro atoms. The van der Waals surface area contributed by atoms with Crippen molar-refractivity contribution in [3.05, 3.63) is 33.8 Å². The Balaban J connectivity index is 0.00000162. The number of hydrogen-bond donors (Lipinski definition) is 1. The molecule has 1 unspecified atom stereocenters. The standard InChI is InChI=1S/C12H15BrF2N2.ClH/c1-8-6-17(5-4-16-8)7-9-11(14)3-2-10(13)12(9)15;/h2-3,8,16H,4-7H2,1H3;1H. The highest BCUT2D eigenvalue weighted by Crippen LogP contribution is 2.23. The van der Waals surface area contributed by atoms with Crippen molar-refractivity contribution in [3.63, 3.8) is 0 Å². The van der Waals surface area contributed by atoms with Crippen LogP contribution in [0.3, 0.4) is 0 Å². The van der Waals surface area contributed by atoms with E-state index in [1.165, 1.54) is 12.1 Å². The molecule has 6 heteroatoms. The van der Waals surface area contributed by atoms with Crippen LogP contribution in [0.2, 0.25) is 0 Å². The van der Waals surface area contributed by atoms with Crippen LogP contribution in [0, 0.1) is 11.6 Å². The molecule has 1 aliphatic heterocycles. The first-order chi connectivity index (χ1) is 8.08. The van der Waals surface area contributed by atoms with Crippen LogP contribution in [0.15, 0.2) is 16.6 Å². The van der Waals surface area contributed by atoms with Gasteiger partial charge >= 0.3 is 0 Å². The predicted molar refractivity (Wildman–Crippen MR) is 74.0 cm³/mol. The summed E-state index contributed by atoms with van der Waals surface area (Å²) in [6, 6.07) is 3.06. The molecule has 1 N–H and O–H groups in total. The van der Waals surface area contributed by atoms with Crippen LogP contribution in [-0.2, 0) is 6.54 Å². The average molecular weight is 342 g/mol. The summed E-state index contributed by atoms with van der Waals surface area (Å²) in [5, 5.41) is 3.30. The van der Waals surface area contributed by atoms with Gasteiger partial charge in [-0.1, -0.05) is 0 Å². The second-order valence-corrected chi connectivity index (χ2v) is 5.27. The minimum absolute atomic E-state index is 0. The molecule has 1 aliphatic rings. The highest BCUT2D eigenvalue weighted by molar-refractivity contribution is 9.10. The van der Waals surface area contributed by atoms with Crippen molar-refractivity contribution in [2.45, 2.75) is 19.5 Å². The monoisotopic (exact) mass is 340 g/mol. The van der Waals surface area contributed by atoms with Crippen LogP contribution in [0.4, 0.5) is 8.78 Å². The Kier molecular flexibility index (Phi) is 5.98. The largest absolute Gasteiger partial charge is 0.312 e. The van der Waals surface area contributed by atoms with Crippen molar-refractivity contribution < 1.29 is 8.78 Å². The second kappa shape index (κ2) is 6.80. The van der Waals surface area contributed by atoms with Gasteiger partial charge in [-0.05, 0) is 35.0 Å². The van der Waals surface area contributed by atoms with Gasteiger partial charge in [-0.25, -0.2) is 8.78 Å². The Morgan fingerprint density at radius 2 is 2.17 bits per heavy atom. The van der Waals surface area contributed by atoms with Crippen LogP contribution < -0.4 is 5.32 Å².